The SMILES string of the molecule is CC/C=C\C/C=C\C/C=C\C/C=C\C/C=C\C/C=C\CCCCCCC(=O)OCC(COC(=O)CCCCCCCCCCC)OC(=O)CCCCCCCCCCC/C=C\C/C=C\CCCCC. The van der Waals surface area contributed by atoms with Crippen molar-refractivity contribution in [2.24, 2.45) is 0 Å². The predicted octanol–water partition coefficient (Wildman–Crippen LogP) is 19.3. The van der Waals surface area contributed by atoms with Crippen LogP contribution in [0.25, 0.3) is 0 Å². The van der Waals surface area contributed by atoms with Gasteiger partial charge in [0.25, 0.3) is 0 Å². The Hall–Kier alpha value is -3.67. The molecule has 0 aliphatic carbocycles. The second kappa shape index (κ2) is 56.9. The van der Waals surface area contributed by atoms with Gasteiger partial charge in [-0.1, -0.05) is 240 Å². The molecule has 69 heavy (non-hydrogen) atoms. The Morgan fingerprint density at radius 3 is 0.913 bits per heavy atom. The number of hydrogen-bond acceptors (Lipinski definition) is 6. The van der Waals surface area contributed by atoms with Gasteiger partial charge in [-0.2, -0.15) is 0 Å². The van der Waals surface area contributed by atoms with Crippen LogP contribution in [0, 0.1) is 0 Å². The van der Waals surface area contributed by atoms with E-state index in [1.165, 1.54) is 109 Å². The normalized spacial score (nSPS) is 12.8. The van der Waals surface area contributed by atoms with Gasteiger partial charge < -0.3 is 14.2 Å². The lowest BCUT2D eigenvalue weighted by Crippen LogP contribution is -2.30. The van der Waals surface area contributed by atoms with Crippen molar-refractivity contribution < 1.29 is 28.6 Å². The first-order valence-corrected chi connectivity index (χ1v) is 28.7. The van der Waals surface area contributed by atoms with Crippen molar-refractivity contribution in [3.8, 4) is 0 Å². The van der Waals surface area contributed by atoms with E-state index >= 15 is 0 Å². The summed E-state index contributed by atoms with van der Waals surface area (Å²) in [4.78, 5) is 38.1. The van der Waals surface area contributed by atoms with E-state index in [1.807, 2.05) is 0 Å². The van der Waals surface area contributed by atoms with Crippen LogP contribution in [0.5, 0.6) is 0 Å². The van der Waals surface area contributed by atoms with Crippen LogP contribution in [0.2, 0.25) is 0 Å². The van der Waals surface area contributed by atoms with Gasteiger partial charge in [-0.25, -0.2) is 0 Å². The van der Waals surface area contributed by atoms with Gasteiger partial charge in [0.2, 0.25) is 0 Å². The summed E-state index contributed by atoms with van der Waals surface area (Å²) in [5.41, 5.74) is 0. The molecule has 1 atom stereocenters. The maximum absolute atomic E-state index is 12.8. The van der Waals surface area contributed by atoms with Crippen molar-refractivity contribution in [1.29, 1.82) is 0 Å². The van der Waals surface area contributed by atoms with Crippen molar-refractivity contribution in [3.05, 3.63) is 97.2 Å². The monoisotopic (exact) mass is 959 g/mol. The first-order valence-electron chi connectivity index (χ1n) is 28.7. The fraction of sp³-hybridized carbons (Fsp3) is 0.698. The molecule has 0 saturated heterocycles. The van der Waals surface area contributed by atoms with E-state index in [2.05, 4.69) is 118 Å². The number of carbonyl (C=O) groups is 3. The molecule has 0 bridgehead atoms. The van der Waals surface area contributed by atoms with Crippen LogP contribution in [-0.4, -0.2) is 37.2 Å². The van der Waals surface area contributed by atoms with Crippen molar-refractivity contribution in [2.75, 3.05) is 13.2 Å². The number of esters is 3. The quantitative estimate of drug-likeness (QED) is 0.0262. The van der Waals surface area contributed by atoms with Crippen molar-refractivity contribution in [3.63, 3.8) is 0 Å². The molecule has 6 nitrogen and oxygen atoms in total. The average molecular weight is 960 g/mol. The Morgan fingerprint density at radius 2 is 0.565 bits per heavy atom. The van der Waals surface area contributed by atoms with Gasteiger partial charge in [0.1, 0.15) is 13.2 Å². The molecule has 0 aromatic rings. The van der Waals surface area contributed by atoms with E-state index < -0.39 is 6.10 Å². The van der Waals surface area contributed by atoms with Gasteiger partial charge in [0.15, 0.2) is 6.10 Å². The largest absolute Gasteiger partial charge is 0.462 e. The average Bonchev–Trinajstić information content (AvgIpc) is 3.35. The molecule has 0 fully saturated rings. The fourth-order valence-electron chi connectivity index (χ4n) is 7.77. The third kappa shape index (κ3) is 55.1. The molecule has 0 radical (unpaired) electrons. The number of carbonyl (C=O) groups excluding carboxylic acids is 3. The van der Waals surface area contributed by atoms with Crippen LogP contribution >= 0.6 is 0 Å². The minimum absolute atomic E-state index is 0.0866. The summed E-state index contributed by atoms with van der Waals surface area (Å²) in [6, 6.07) is 0. The standard InChI is InChI=1S/C63H106O6/c1-4-7-10-13-16-19-21-23-25-27-29-30-31-32-34-35-37-39-41-44-47-50-53-56-62(65)68-59-60(58-67-61(64)55-52-49-46-43-18-15-12-9-6-3)69-63(66)57-54-51-48-45-42-40-38-36-33-28-26-24-22-20-17-14-11-8-5-2/h7,10,16-17,19-20,23-26,29-30,32,34,37,39,60H,4-6,8-9,11-15,18,21-22,27-28,31,33,35-36,38,40-59H2,1-3H3/b10-7-,19-16-,20-17-,25-23-,26-24-,30-29-,34-32-,39-37-. The fourth-order valence-corrected chi connectivity index (χ4v) is 7.77. The van der Waals surface area contributed by atoms with E-state index in [4.69, 9.17) is 14.2 Å². The Bertz CT molecular complexity index is 1380. The number of ether oxygens (including phenoxy) is 3. The van der Waals surface area contributed by atoms with Crippen molar-refractivity contribution in [1.82, 2.24) is 0 Å². The first-order chi connectivity index (χ1) is 34.0. The molecule has 0 heterocycles. The highest BCUT2D eigenvalue weighted by Gasteiger charge is 2.19. The van der Waals surface area contributed by atoms with Crippen molar-refractivity contribution in [2.45, 2.75) is 271 Å². The molecule has 0 N–H and O–H groups in total. The summed E-state index contributed by atoms with van der Waals surface area (Å²) < 4.78 is 16.8. The maximum Gasteiger partial charge on any atom is 0.306 e. The zero-order chi connectivity index (χ0) is 50.0. The molecule has 0 aliphatic rings. The van der Waals surface area contributed by atoms with Crippen LogP contribution < -0.4 is 0 Å². The van der Waals surface area contributed by atoms with Crippen LogP contribution in [0.3, 0.4) is 0 Å². The lowest BCUT2D eigenvalue weighted by Gasteiger charge is -2.18. The van der Waals surface area contributed by atoms with Crippen molar-refractivity contribution >= 4 is 17.9 Å². The van der Waals surface area contributed by atoms with Crippen LogP contribution in [-0.2, 0) is 28.6 Å². The molecule has 394 valence electrons. The minimum Gasteiger partial charge on any atom is -0.462 e. The topological polar surface area (TPSA) is 78.9 Å². The zero-order valence-corrected chi connectivity index (χ0v) is 45.0. The predicted molar refractivity (Wildman–Crippen MR) is 297 cm³/mol. The first kappa shape index (κ1) is 65.3. The molecule has 6 heteroatoms. The summed E-state index contributed by atoms with van der Waals surface area (Å²) in [6.45, 7) is 6.46. The van der Waals surface area contributed by atoms with Gasteiger partial charge in [0, 0.05) is 19.3 Å². The van der Waals surface area contributed by atoms with Gasteiger partial charge in [-0.05, 0) is 103 Å². The smallest absolute Gasteiger partial charge is 0.306 e. The summed E-state index contributed by atoms with van der Waals surface area (Å²) in [6.07, 6.45) is 75.4. The summed E-state index contributed by atoms with van der Waals surface area (Å²) in [5.74, 6) is -0.917. The Balaban J connectivity index is 4.35. The van der Waals surface area contributed by atoms with E-state index in [9.17, 15) is 14.4 Å². The number of unbranched alkanes of at least 4 members (excludes halogenated alkanes) is 24. The molecule has 0 rings (SSSR count). The van der Waals surface area contributed by atoms with Gasteiger partial charge >= 0.3 is 17.9 Å². The van der Waals surface area contributed by atoms with E-state index in [0.717, 1.165) is 116 Å². The van der Waals surface area contributed by atoms with E-state index in [0.29, 0.717) is 19.3 Å². The summed E-state index contributed by atoms with van der Waals surface area (Å²) in [7, 11) is 0. The molecule has 0 saturated carbocycles. The Labute approximate surface area is 426 Å². The third-order valence-corrected chi connectivity index (χ3v) is 12.1. The van der Waals surface area contributed by atoms with Crippen LogP contribution in [0.4, 0.5) is 0 Å². The lowest BCUT2D eigenvalue weighted by atomic mass is 10.1. The van der Waals surface area contributed by atoms with Crippen LogP contribution in [0.15, 0.2) is 97.2 Å². The molecular weight excluding hydrogens is 853 g/mol. The van der Waals surface area contributed by atoms with E-state index in [-0.39, 0.29) is 31.1 Å². The highest BCUT2D eigenvalue weighted by atomic mass is 16.6. The molecule has 0 spiro atoms. The molecule has 0 amide bonds. The lowest BCUT2D eigenvalue weighted by molar-refractivity contribution is -0.167. The Kier molecular flexibility index (Phi) is 53.9. The van der Waals surface area contributed by atoms with Gasteiger partial charge in [0.05, 0.1) is 0 Å². The second-order valence-electron chi connectivity index (χ2n) is 18.8. The molecule has 1 unspecified atom stereocenters. The number of rotatable bonds is 51. The number of hydrogen-bond donors (Lipinski definition) is 0. The highest BCUT2D eigenvalue weighted by Crippen LogP contribution is 2.15. The highest BCUT2D eigenvalue weighted by molar-refractivity contribution is 5.71. The molecular formula is C63H106O6. The molecule has 0 aliphatic heterocycles. The molecule has 0 aromatic heterocycles. The minimum atomic E-state index is -0.789. The Morgan fingerprint density at radius 1 is 0.304 bits per heavy atom. The molecule has 0 aromatic carbocycles. The van der Waals surface area contributed by atoms with Crippen LogP contribution in [0.1, 0.15) is 265 Å². The second-order valence-corrected chi connectivity index (χ2v) is 18.8. The summed E-state index contributed by atoms with van der Waals surface area (Å²) >= 11 is 0. The number of allylic oxidation sites excluding steroid dienone is 16. The van der Waals surface area contributed by atoms with E-state index in [1.54, 1.807) is 0 Å². The maximum atomic E-state index is 12.8. The van der Waals surface area contributed by atoms with Gasteiger partial charge in [-0.15, -0.1) is 0 Å². The zero-order valence-electron chi connectivity index (χ0n) is 45.0. The van der Waals surface area contributed by atoms with Gasteiger partial charge in [-0.3, -0.25) is 14.4 Å². The summed E-state index contributed by atoms with van der Waals surface area (Å²) in [5, 5.41) is 0. The third-order valence-electron chi connectivity index (χ3n) is 12.1.